The average molecular weight is 292 g/mol. The highest BCUT2D eigenvalue weighted by atomic mass is 19.1. The minimum atomic E-state index is -0.166. The van der Waals surface area contributed by atoms with Crippen molar-refractivity contribution in [1.29, 1.82) is 0 Å². The van der Waals surface area contributed by atoms with Crippen LogP contribution >= 0.6 is 0 Å². The zero-order chi connectivity index (χ0) is 15.3. The van der Waals surface area contributed by atoms with E-state index in [0.29, 0.717) is 5.92 Å². The third-order valence-electron chi connectivity index (χ3n) is 4.74. The van der Waals surface area contributed by atoms with Crippen molar-refractivity contribution in [3.8, 4) is 0 Å². The first kappa shape index (κ1) is 16.4. The van der Waals surface area contributed by atoms with E-state index in [1.807, 2.05) is 6.07 Å². The number of rotatable bonds is 7. The van der Waals surface area contributed by atoms with E-state index in [1.54, 1.807) is 6.20 Å². The Morgan fingerprint density at radius 1 is 1.33 bits per heavy atom. The largest absolute Gasteiger partial charge is 0.309 e. The van der Waals surface area contributed by atoms with Gasteiger partial charge in [-0.05, 0) is 49.6 Å². The fourth-order valence-corrected chi connectivity index (χ4v) is 4.07. The van der Waals surface area contributed by atoms with Crippen molar-refractivity contribution in [2.45, 2.75) is 65.3 Å². The van der Waals surface area contributed by atoms with Crippen LogP contribution in [0.15, 0.2) is 18.5 Å². The summed E-state index contributed by atoms with van der Waals surface area (Å²) in [4.78, 5) is 3.92. The Morgan fingerprint density at radius 3 is 2.62 bits per heavy atom. The van der Waals surface area contributed by atoms with Gasteiger partial charge in [0.2, 0.25) is 0 Å². The predicted octanol–water partition coefficient (Wildman–Crippen LogP) is 4.87. The predicted molar refractivity (Wildman–Crippen MR) is 85.6 cm³/mol. The fourth-order valence-electron chi connectivity index (χ4n) is 4.07. The topological polar surface area (TPSA) is 24.9 Å². The molecule has 1 aromatic rings. The van der Waals surface area contributed by atoms with Gasteiger partial charge in [0, 0.05) is 17.8 Å². The average Bonchev–Trinajstić information content (AvgIpc) is 2.89. The van der Waals surface area contributed by atoms with Crippen molar-refractivity contribution in [3.05, 3.63) is 29.8 Å². The molecule has 0 bridgehead atoms. The normalized spacial score (nSPS) is 19.1. The number of nitrogens with one attached hydrogen (secondary N) is 1. The summed E-state index contributed by atoms with van der Waals surface area (Å²) < 4.78 is 14.3. The molecule has 1 N–H and O–H groups in total. The summed E-state index contributed by atoms with van der Waals surface area (Å²) >= 11 is 0. The second-order valence-electron chi connectivity index (χ2n) is 6.95. The van der Waals surface area contributed by atoms with Gasteiger partial charge in [0.25, 0.3) is 0 Å². The van der Waals surface area contributed by atoms with Gasteiger partial charge in [-0.2, -0.15) is 0 Å². The maximum atomic E-state index is 14.3. The molecule has 0 aliphatic heterocycles. The molecule has 1 heterocycles. The summed E-state index contributed by atoms with van der Waals surface area (Å²) in [6.07, 6.45) is 10.2. The highest BCUT2D eigenvalue weighted by Gasteiger charge is 2.42. The molecule has 1 saturated carbocycles. The van der Waals surface area contributed by atoms with Gasteiger partial charge in [-0.25, -0.2) is 4.39 Å². The number of halogens is 1. The molecule has 0 aromatic carbocycles. The molecule has 1 fully saturated rings. The molecule has 0 saturated heterocycles. The summed E-state index contributed by atoms with van der Waals surface area (Å²) in [6, 6.07) is 1.98. The maximum Gasteiger partial charge on any atom is 0.146 e. The molecule has 1 aromatic heterocycles. The second kappa shape index (κ2) is 7.35. The van der Waals surface area contributed by atoms with E-state index >= 15 is 0 Å². The molecule has 0 spiro atoms. The van der Waals surface area contributed by atoms with E-state index < -0.39 is 0 Å². The first-order valence-electron chi connectivity index (χ1n) is 8.42. The summed E-state index contributed by atoms with van der Waals surface area (Å²) in [5.74, 6) is 0.472. The van der Waals surface area contributed by atoms with Crippen molar-refractivity contribution >= 4 is 0 Å². The lowest BCUT2D eigenvalue weighted by molar-refractivity contribution is 0.152. The Bertz CT molecular complexity index is 439. The molecule has 0 radical (unpaired) electrons. The van der Waals surface area contributed by atoms with Crippen LogP contribution < -0.4 is 5.32 Å². The van der Waals surface area contributed by atoms with Gasteiger partial charge >= 0.3 is 0 Å². The van der Waals surface area contributed by atoms with Crippen LogP contribution in [0.5, 0.6) is 0 Å². The lowest BCUT2D eigenvalue weighted by atomic mass is 9.70. The molecule has 2 rings (SSSR count). The van der Waals surface area contributed by atoms with E-state index in [0.717, 1.165) is 24.9 Å². The van der Waals surface area contributed by atoms with Crippen LogP contribution in [0.1, 0.15) is 70.9 Å². The molecule has 1 atom stereocenters. The summed E-state index contributed by atoms with van der Waals surface area (Å²) in [7, 11) is 0. The monoisotopic (exact) mass is 292 g/mol. The minimum Gasteiger partial charge on any atom is -0.309 e. The molecule has 2 nitrogen and oxygen atoms in total. The van der Waals surface area contributed by atoms with Crippen LogP contribution in [-0.2, 0) is 0 Å². The van der Waals surface area contributed by atoms with E-state index in [1.165, 1.54) is 31.9 Å². The smallest absolute Gasteiger partial charge is 0.146 e. The minimum absolute atomic E-state index is 0.116. The molecule has 118 valence electrons. The lowest BCUT2D eigenvalue weighted by Gasteiger charge is -2.40. The molecule has 1 unspecified atom stereocenters. The number of hydrogen-bond acceptors (Lipinski definition) is 2. The summed E-state index contributed by atoms with van der Waals surface area (Å²) in [5.41, 5.74) is 1.01. The lowest BCUT2D eigenvalue weighted by Crippen LogP contribution is -2.38. The van der Waals surface area contributed by atoms with Crippen LogP contribution in [0.4, 0.5) is 4.39 Å². The molecular formula is C18H29FN2. The number of aromatic nitrogens is 1. The van der Waals surface area contributed by atoms with Gasteiger partial charge in [-0.15, -0.1) is 0 Å². The van der Waals surface area contributed by atoms with Gasteiger partial charge in [0.15, 0.2) is 0 Å². The van der Waals surface area contributed by atoms with E-state index in [9.17, 15) is 4.39 Å². The molecule has 1 aliphatic rings. The number of nitrogens with zero attached hydrogens (tertiary/aromatic N) is 1. The number of hydrogen-bond donors (Lipinski definition) is 1. The maximum absolute atomic E-state index is 14.3. The summed E-state index contributed by atoms with van der Waals surface area (Å²) in [5, 5.41) is 3.65. The molecular weight excluding hydrogens is 263 g/mol. The van der Waals surface area contributed by atoms with E-state index in [4.69, 9.17) is 0 Å². The van der Waals surface area contributed by atoms with Crippen molar-refractivity contribution in [2.24, 2.45) is 11.3 Å². The second-order valence-corrected chi connectivity index (χ2v) is 6.95. The van der Waals surface area contributed by atoms with Gasteiger partial charge < -0.3 is 5.32 Å². The SMILES string of the molecule is CCCNC(c1ccncc1F)C1(CC(C)C)CCCC1. The zero-order valence-electron chi connectivity index (χ0n) is 13.7. The van der Waals surface area contributed by atoms with Crippen LogP contribution in [0.2, 0.25) is 0 Å². The molecule has 0 amide bonds. The Balaban J connectivity index is 2.35. The zero-order valence-corrected chi connectivity index (χ0v) is 13.7. The Labute approximate surface area is 128 Å². The van der Waals surface area contributed by atoms with Crippen LogP contribution in [0, 0.1) is 17.2 Å². The van der Waals surface area contributed by atoms with Gasteiger partial charge in [0.1, 0.15) is 5.82 Å². The standard InChI is InChI=1S/C18H29FN2/c1-4-10-21-17(15-7-11-20-13-16(15)19)18(12-14(2)3)8-5-6-9-18/h7,11,13-14,17,21H,4-6,8-10,12H2,1-3H3. The van der Waals surface area contributed by atoms with Crippen LogP contribution in [0.25, 0.3) is 0 Å². The van der Waals surface area contributed by atoms with Gasteiger partial charge in [-0.3, -0.25) is 4.98 Å². The van der Waals surface area contributed by atoms with Crippen molar-refractivity contribution in [2.75, 3.05) is 6.54 Å². The Hall–Kier alpha value is -0.960. The highest BCUT2D eigenvalue weighted by Crippen LogP contribution is 2.51. The summed E-state index contributed by atoms with van der Waals surface area (Å²) in [6.45, 7) is 7.66. The molecule has 3 heteroatoms. The fraction of sp³-hybridized carbons (Fsp3) is 0.722. The molecule has 21 heavy (non-hydrogen) atoms. The van der Waals surface area contributed by atoms with Crippen molar-refractivity contribution in [3.63, 3.8) is 0 Å². The van der Waals surface area contributed by atoms with E-state index in [2.05, 4.69) is 31.1 Å². The first-order valence-corrected chi connectivity index (χ1v) is 8.42. The highest BCUT2D eigenvalue weighted by molar-refractivity contribution is 5.21. The van der Waals surface area contributed by atoms with Crippen molar-refractivity contribution < 1.29 is 4.39 Å². The van der Waals surface area contributed by atoms with E-state index in [-0.39, 0.29) is 17.3 Å². The Kier molecular flexibility index (Phi) is 5.74. The quantitative estimate of drug-likeness (QED) is 0.775. The van der Waals surface area contributed by atoms with Crippen LogP contribution in [0.3, 0.4) is 0 Å². The number of pyridine rings is 1. The van der Waals surface area contributed by atoms with Crippen LogP contribution in [-0.4, -0.2) is 11.5 Å². The first-order chi connectivity index (χ1) is 10.1. The van der Waals surface area contributed by atoms with Gasteiger partial charge in [-0.1, -0.05) is 33.6 Å². The van der Waals surface area contributed by atoms with Gasteiger partial charge in [0.05, 0.1) is 6.20 Å². The van der Waals surface area contributed by atoms with Crippen molar-refractivity contribution in [1.82, 2.24) is 10.3 Å². The Morgan fingerprint density at radius 2 is 2.05 bits per heavy atom. The third-order valence-corrected chi connectivity index (χ3v) is 4.74. The third kappa shape index (κ3) is 3.82. The molecule has 1 aliphatic carbocycles.